The number of para-hydroxylation sites is 2. The molecule has 228 valence electrons. The third-order valence-electron chi connectivity index (χ3n) is 8.28. The Morgan fingerprint density at radius 3 is 1.65 bits per heavy atom. The van der Waals surface area contributed by atoms with Crippen molar-refractivity contribution in [1.82, 2.24) is 0 Å². The minimum Gasteiger partial charge on any atom is -0.439 e. The quantitative estimate of drug-likeness (QED) is 0.194. The van der Waals surface area contributed by atoms with Gasteiger partial charge in [-0.25, -0.2) is 0 Å². The Morgan fingerprint density at radius 1 is 0.543 bits per heavy atom. The highest BCUT2D eigenvalue weighted by molar-refractivity contribution is 7.68. The van der Waals surface area contributed by atoms with Crippen molar-refractivity contribution in [2.45, 2.75) is 18.9 Å². The van der Waals surface area contributed by atoms with E-state index in [1.165, 1.54) is 0 Å². The van der Waals surface area contributed by atoms with Crippen LogP contribution in [-0.2, 0) is 15.3 Å². The van der Waals surface area contributed by atoms with Crippen LogP contribution in [0.4, 0.5) is 0 Å². The van der Waals surface area contributed by atoms with Gasteiger partial charge in [-0.05, 0) is 53.4 Å². The van der Waals surface area contributed by atoms with Crippen LogP contribution in [-0.4, -0.2) is 5.11 Å². The predicted octanol–water partition coefficient (Wildman–Crippen LogP) is 9.50. The number of hydrogen-bond donors (Lipinski definition) is 1. The van der Waals surface area contributed by atoms with E-state index in [-0.39, 0.29) is 0 Å². The van der Waals surface area contributed by atoms with Gasteiger partial charge in [0.05, 0.1) is 16.8 Å². The van der Waals surface area contributed by atoms with Gasteiger partial charge in [-0.2, -0.15) is 0 Å². The lowest BCUT2D eigenvalue weighted by Crippen LogP contribution is -2.22. The number of aliphatic hydroxyl groups is 1. The highest BCUT2D eigenvalue weighted by Gasteiger charge is 2.43. The smallest absolute Gasteiger partial charge is 0.310 e. The van der Waals surface area contributed by atoms with Crippen molar-refractivity contribution in [3.05, 3.63) is 168 Å². The fraction of sp³-hybridized carbons (Fsp3) is 0.0769. The third-order valence-corrected chi connectivity index (χ3v) is 13.1. The fourth-order valence-corrected chi connectivity index (χ4v) is 10.6. The molecule has 2 aliphatic rings. The first-order chi connectivity index (χ1) is 22.4. The molecule has 8 rings (SSSR count). The largest absolute Gasteiger partial charge is 0.439 e. The van der Waals surface area contributed by atoms with E-state index in [1.54, 1.807) is 24.3 Å². The van der Waals surface area contributed by atoms with Gasteiger partial charge in [-0.1, -0.05) is 133 Å². The molecule has 2 heterocycles. The first kappa shape index (κ1) is 30.0. The lowest BCUT2D eigenvalue weighted by Gasteiger charge is -2.31. The fourth-order valence-electron chi connectivity index (χ4n) is 5.97. The van der Waals surface area contributed by atoms with Crippen molar-refractivity contribution >= 4 is 25.3 Å². The standard InChI is InChI=1S/C20H17O3P.C19H15O2P/c1-14-10-12-15(13-11-14)20(21)24(22)19-9-5-3-7-17(19)16-6-2-4-8-18(16)23-24;20-22(14-15-8-2-1-3-9-15)19-13-7-5-11-17(19)16-10-4-6-12-18(16)21-22/h2-13,20-21H,1H3;1-13H,14H2. The number of benzene rings is 6. The Labute approximate surface area is 269 Å². The molecule has 0 saturated carbocycles. The van der Waals surface area contributed by atoms with E-state index in [0.717, 1.165) is 38.7 Å². The van der Waals surface area contributed by atoms with Crippen LogP contribution in [0.2, 0.25) is 0 Å². The molecule has 2 aliphatic heterocycles. The Kier molecular flexibility index (Phi) is 8.01. The summed E-state index contributed by atoms with van der Waals surface area (Å²) >= 11 is 0. The van der Waals surface area contributed by atoms with E-state index in [4.69, 9.17) is 9.05 Å². The van der Waals surface area contributed by atoms with E-state index in [9.17, 15) is 14.2 Å². The highest BCUT2D eigenvalue weighted by atomic mass is 31.2. The highest BCUT2D eigenvalue weighted by Crippen LogP contribution is 2.62. The second-order valence-corrected chi connectivity index (χ2v) is 16.1. The maximum Gasteiger partial charge on any atom is 0.310 e. The predicted molar refractivity (Wildman–Crippen MR) is 186 cm³/mol. The van der Waals surface area contributed by atoms with Crippen molar-refractivity contribution in [1.29, 1.82) is 0 Å². The molecule has 0 saturated heterocycles. The molecule has 7 heteroatoms. The SMILES string of the molecule is Cc1ccc(C(O)P2(=O)Oc3ccccc3-c3ccccc32)cc1.O=P1(Cc2ccccc2)Oc2ccccc2-c2ccccc21. The van der Waals surface area contributed by atoms with Crippen LogP contribution in [0.15, 0.2) is 152 Å². The maximum absolute atomic E-state index is 13.7. The van der Waals surface area contributed by atoms with Crippen LogP contribution in [0.3, 0.4) is 0 Å². The Balaban J connectivity index is 0.000000147. The average Bonchev–Trinajstić information content (AvgIpc) is 3.09. The zero-order chi connectivity index (χ0) is 31.7. The maximum atomic E-state index is 13.7. The Morgan fingerprint density at radius 2 is 1.02 bits per heavy atom. The number of rotatable bonds is 4. The molecule has 0 spiro atoms. The summed E-state index contributed by atoms with van der Waals surface area (Å²) in [6, 6.07) is 47.8. The van der Waals surface area contributed by atoms with Crippen LogP contribution in [0, 0.1) is 6.92 Å². The van der Waals surface area contributed by atoms with Crippen LogP contribution in [0.25, 0.3) is 22.3 Å². The van der Waals surface area contributed by atoms with Crippen LogP contribution in [0.5, 0.6) is 11.5 Å². The lowest BCUT2D eigenvalue weighted by molar-refractivity contribution is 0.240. The summed E-state index contributed by atoms with van der Waals surface area (Å²) in [6.07, 6.45) is 0.416. The van der Waals surface area contributed by atoms with E-state index in [2.05, 4.69) is 0 Å². The molecule has 1 N–H and O–H groups in total. The number of hydrogen-bond acceptors (Lipinski definition) is 5. The molecule has 0 amide bonds. The summed E-state index contributed by atoms with van der Waals surface area (Å²) in [5.41, 5.74) is 6.49. The third kappa shape index (κ3) is 5.52. The molecule has 3 atom stereocenters. The van der Waals surface area contributed by atoms with E-state index >= 15 is 0 Å². The van der Waals surface area contributed by atoms with E-state index < -0.39 is 20.6 Å². The number of aliphatic hydroxyl groups excluding tert-OH is 1. The summed E-state index contributed by atoms with van der Waals surface area (Å²) < 4.78 is 39.2. The van der Waals surface area contributed by atoms with Crippen LogP contribution in [0.1, 0.15) is 22.5 Å². The molecule has 0 aromatic heterocycles. The van der Waals surface area contributed by atoms with Gasteiger partial charge in [-0.3, -0.25) is 9.13 Å². The summed E-state index contributed by atoms with van der Waals surface area (Å²) in [7, 11) is -6.47. The monoisotopic (exact) mass is 642 g/mol. The summed E-state index contributed by atoms with van der Waals surface area (Å²) in [5.74, 6) is 0.0544. The van der Waals surface area contributed by atoms with Crippen LogP contribution < -0.4 is 19.7 Å². The molecule has 46 heavy (non-hydrogen) atoms. The zero-order valence-electron chi connectivity index (χ0n) is 25.2. The molecule has 6 aromatic carbocycles. The number of fused-ring (bicyclic) bond motifs is 6. The topological polar surface area (TPSA) is 72.8 Å². The Bertz CT molecular complexity index is 2120. The van der Waals surface area contributed by atoms with Gasteiger partial charge in [0.15, 0.2) is 5.85 Å². The molecule has 3 unspecified atom stereocenters. The molecule has 0 fully saturated rings. The van der Waals surface area contributed by atoms with Gasteiger partial charge in [0, 0.05) is 11.1 Å². The lowest BCUT2D eigenvalue weighted by atomic mass is 10.0. The summed E-state index contributed by atoms with van der Waals surface area (Å²) in [6.45, 7) is 1.97. The van der Waals surface area contributed by atoms with Gasteiger partial charge in [0.1, 0.15) is 11.5 Å². The zero-order valence-corrected chi connectivity index (χ0v) is 27.0. The van der Waals surface area contributed by atoms with Crippen LogP contribution >= 0.6 is 14.7 Å². The van der Waals surface area contributed by atoms with Gasteiger partial charge >= 0.3 is 7.37 Å². The van der Waals surface area contributed by atoms with Gasteiger partial charge in [0.2, 0.25) is 0 Å². The van der Waals surface area contributed by atoms with Gasteiger partial charge in [-0.15, -0.1) is 0 Å². The minimum atomic E-state index is -3.51. The molecule has 0 radical (unpaired) electrons. The van der Waals surface area contributed by atoms with Gasteiger partial charge in [0.25, 0.3) is 7.37 Å². The number of aryl methyl sites for hydroxylation is 1. The summed E-state index contributed by atoms with van der Waals surface area (Å²) in [5, 5.41) is 12.3. The van der Waals surface area contributed by atoms with Crippen molar-refractivity contribution < 1.29 is 23.3 Å². The average molecular weight is 643 g/mol. The Hall–Kier alpha value is -4.66. The van der Waals surface area contributed by atoms with E-state index in [1.807, 2.05) is 134 Å². The van der Waals surface area contributed by atoms with Gasteiger partial charge < -0.3 is 14.2 Å². The molecule has 0 aliphatic carbocycles. The minimum absolute atomic E-state index is 0.416. The molecular weight excluding hydrogens is 610 g/mol. The molecule has 0 bridgehead atoms. The van der Waals surface area contributed by atoms with Crippen molar-refractivity contribution in [3.63, 3.8) is 0 Å². The molecule has 5 nitrogen and oxygen atoms in total. The molecular formula is C39H32O5P2. The van der Waals surface area contributed by atoms with Crippen molar-refractivity contribution in [2.24, 2.45) is 0 Å². The van der Waals surface area contributed by atoms with E-state index in [0.29, 0.717) is 28.5 Å². The second-order valence-electron chi connectivity index (χ2n) is 11.4. The first-order valence-electron chi connectivity index (χ1n) is 15.1. The summed E-state index contributed by atoms with van der Waals surface area (Å²) in [4.78, 5) is 0. The van der Waals surface area contributed by atoms with Crippen molar-refractivity contribution in [2.75, 3.05) is 0 Å². The molecule has 6 aromatic rings. The second kappa shape index (κ2) is 12.3. The van der Waals surface area contributed by atoms with Crippen molar-refractivity contribution in [3.8, 4) is 33.8 Å². The first-order valence-corrected chi connectivity index (χ1v) is 18.6. The normalized spacial score (nSPS) is 19.3.